The average Bonchev–Trinajstić information content (AvgIpc) is 2.88. The molecule has 1 atom stereocenters. The average molecular weight is 300 g/mol. The Kier molecular flexibility index (Phi) is 3.95. The molecule has 8 heteroatoms. The molecule has 0 saturated carbocycles. The van der Waals surface area contributed by atoms with Crippen LogP contribution in [-0.4, -0.2) is 34.6 Å². The van der Waals surface area contributed by atoms with Crippen molar-refractivity contribution in [1.82, 2.24) is 9.36 Å². The maximum atomic E-state index is 12.2. The number of rotatable bonds is 4. The van der Waals surface area contributed by atoms with Gasteiger partial charge in [0, 0.05) is 0 Å². The number of hydrogen-bond donors (Lipinski definition) is 2. The van der Waals surface area contributed by atoms with Gasteiger partial charge in [-0.3, -0.25) is 0 Å². The van der Waals surface area contributed by atoms with E-state index < -0.39 is 22.5 Å². The van der Waals surface area contributed by atoms with Gasteiger partial charge in [-0.25, -0.2) is 13.4 Å². The standard InChI is InChI=1S/C11H12N2O4S2/c1-7-2-4-8(5-3-7)19(16,17)11-12-10(13-18-11)9(15)6-14/h2-5,9,14-15H,6H2,1H3/t9-/m1/s1. The van der Waals surface area contributed by atoms with Crippen LogP contribution in [0, 0.1) is 6.92 Å². The Balaban J connectivity index is 2.39. The van der Waals surface area contributed by atoms with E-state index in [1.807, 2.05) is 6.92 Å². The minimum Gasteiger partial charge on any atom is -0.393 e. The molecule has 2 rings (SSSR count). The van der Waals surface area contributed by atoms with Crippen LogP contribution in [0.2, 0.25) is 0 Å². The first-order chi connectivity index (χ1) is 8.95. The Morgan fingerprint density at radius 2 is 1.95 bits per heavy atom. The van der Waals surface area contributed by atoms with E-state index in [2.05, 4.69) is 9.36 Å². The van der Waals surface area contributed by atoms with Crippen LogP contribution in [0.4, 0.5) is 0 Å². The molecule has 2 aromatic rings. The summed E-state index contributed by atoms with van der Waals surface area (Å²) in [6.45, 7) is 1.30. The first-order valence-corrected chi connectivity index (χ1v) is 7.65. The predicted octanol–water partition coefficient (Wildman–Crippen LogP) is 0.705. The second-order valence-corrected chi connectivity index (χ2v) is 6.81. The number of aliphatic hydroxyl groups is 2. The highest BCUT2D eigenvalue weighted by Crippen LogP contribution is 2.24. The Bertz CT molecular complexity index is 664. The smallest absolute Gasteiger partial charge is 0.235 e. The summed E-state index contributed by atoms with van der Waals surface area (Å²) in [5.74, 6) is -0.0850. The summed E-state index contributed by atoms with van der Waals surface area (Å²) >= 11 is 0.679. The van der Waals surface area contributed by atoms with Crippen molar-refractivity contribution in [2.75, 3.05) is 6.61 Å². The van der Waals surface area contributed by atoms with Crippen LogP contribution >= 0.6 is 11.5 Å². The lowest BCUT2D eigenvalue weighted by Crippen LogP contribution is -2.06. The minimum atomic E-state index is -3.72. The summed E-state index contributed by atoms with van der Waals surface area (Å²) in [7, 11) is -3.72. The van der Waals surface area contributed by atoms with Gasteiger partial charge in [0.05, 0.1) is 11.5 Å². The van der Waals surface area contributed by atoms with Crippen LogP contribution in [0.5, 0.6) is 0 Å². The van der Waals surface area contributed by atoms with Gasteiger partial charge in [-0.1, -0.05) is 17.7 Å². The maximum Gasteiger partial charge on any atom is 0.235 e. The molecule has 0 spiro atoms. The predicted molar refractivity (Wildman–Crippen MR) is 68.6 cm³/mol. The Labute approximate surface area is 114 Å². The second kappa shape index (κ2) is 5.33. The van der Waals surface area contributed by atoms with Crippen LogP contribution < -0.4 is 0 Å². The summed E-state index contributed by atoms with van der Waals surface area (Å²) in [6, 6.07) is 6.37. The van der Waals surface area contributed by atoms with Crippen molar-refractivity contribution in [1.29, 1.82) is 0 Å². The van der Waals surface area contributed by atoms with Crippen molar-refractivity contribution in [3.05, 3.63) is 35.7 Å². The van der Waals surface area contributed by atoms with Gasteiger partial charge in [0.1, 0.15) is 6.10 Å². The molecule has 0 aliphatic heterocycles. The molecule has 19 heavy (non-hydrogen) atoms. The molecule has 1 heterocycles. The molecule has 0 amide bonds. The van der Waals surface area contributed by atoms with Crippen LogP contribution in [0.25, 0.3) is 0 Å². The van der Waals surface area contributed by atoms with E-state index in [-0.39, 0.29) is 15.1 Å². The van der Waals surface area contributed by atoms with Gasteiger partial charge in [0.15, 0.2) is 5.82 Å². The van der Waals surface area contributed by atoms with Crippen LogP contribution in [0.1, 0.15) is 17.5 Å². The van der Waals surface area contributed by atoms with E-state index in [1.54, 1.807) is 12.1 Å². The van der Waals surface area contributed by atoms with Gasteiger partial charge in [0.25, 0.3) is 0 Å². The monoisotopic (exact) mass is 300 g/mol. The highest BCUT2D eigenvalue weighted by atomic mass is 32.2. The number of aryl methyl sites for hydroxylation is 1. The van der Waals surface area contributed by atoms with E-state index in [0.717, 1.165) is 5.56 Å². The Hall–Kier alpha value is -1.35. The van der Waals surface area contributed by atoms with E-state index >= 15 is 0 Å². The Morgan fingerprint density at radius 1 is 1.32 bits per heavy atom. The van der Waals surface area contributed by atoms with E-state index in [1.165, 1.54) is 12.1 Å². The molecule has 2 N–H and O–H groups in total. The van der Waals surface area contributed by atoms with E-state index in [0.29, 0.717) is 11.5 Å². The van der Waals surface area contributed by atoms with Crippen LogP contribution in [0.3, 0.4) is 0 Å². The molecular formula is C11H12N2O4S2. The molecule has 0 saturated heterocycles. The molecule has 1 aromatic carbocycles. The fourth-order valence-corrected chi connectivity index (χ4v) is 3.54. The molecule has 102 valence electrons. The third-order valence-electron chi connectivity index (χ3n) is 2.46. The summed E-state index contributed by atoms with van der Waals surface area (Å²) in [6.07, 6.45) is -1.27. The van der Waals surface area contributed by atoms with Gasteiger partial charge in [0.2, 0.25) is 14.2 Å². The number of aliphatic hydroxyl groups excluding tert-OH is 2. The van der Waals surface area contributed by atoms with E-state index in [4.69, 9.17) is 5.11 Å². The zero-order valence-corrected chi connectivity index (χ0v) is 11.6. The first kappa shape index (κ1) is 14.1. The lowest BCUT2D eigenvalue weighted by atomic mass is 10.2. The third kappa shape index (κ3) is 2.81. The zero-order chi connectivity index (χ0) is 14.0. The third-order valence-corrected chi connectivity index (χ3v) is 5.31. The Morgan fingerprint density at radius 3 is 2.53 bits per heavy atom. The lowest BCUT2D eigenvalue weighted by Gasteiger charge is -2.01. The molecule has 0 radical (unpaired) electrons. The maximum absolute atomic E-state index is 12.2. The zero-order valence-electron chi connectivity index (χ0n) is 10.0. The second-order valence-electron chi connectivity index (χ2n) is 3.93. The molecule has 0 fully saturated rings. The van der Waals surface area contributed by atoms with Crippen LogP contribution in [-0.2, 0) is 9.84 Å². The molecule has 1 aromatic heterocycles. The van der Waals surface area contributed by atoms with Gasteiger partial charge in [-0.2, -0.15) is 4.37 Å². The number of nitrogens with zero attached hydrogens (tertiary/aromatic N) is 2. The highest BCUT2D eigenvalue weighted by molar-refractivity contribution is 7.93. The fourth-order valence-electron chi connectivity index (χ4n) is 1.36. The largest absolute Gasteiger partial charge is 0.393 e. The summed E-state index contributed by atoms with van der Waals surface area (Å²) in [5, 5.41) is 18.1. The van der Waals surface area contributed by atoms with Crippen molar-refractivity contribution < 1.29 is 18.6 Å². The van der Waals surface area contributed by atoms with Crippen molar-refractivity contribution in [3.63, 3.8) is 0 Å². The van der Waals surface area contributed by atoms with Gasteiger partial charge < -0.3 is 10.2 Å². The quantitative estimate of drug-likeness (QED) is 0.862. The molecule has 0 aliphatic rings. The van der Waals surface area contributed by atoms with Crippen molar-refractivity contribution in [2.45, 2.75) is 22.3 Å². The summed E-state index contributed by atoms with van der Waals surface area (Å²) in [5.41, 5.74) is 0.951. The number of aromatic nitrogens is 2. The van der Waals surface area contributed by atoms with Crippen LogP contribution in [0.15, 0.2) is 33.5 Å². The number of hydrogen-bond acceptors (Lipinski definition) is 7. The summed E-state index contributed by atoms with van der Waals surface area (Å²) < 4.78 is 28.0. The van der Waals surface area contributed by atoms with Gasteiger partial charge in [-0.15, -0.1) is 0 Å². The van der Waals surface area contributed by atoms with E-state index in [9.17, 15) is 13.5 Å². The van der Waals surface area contributed by atoms with Gasteiger partial charge in [-0.05, 0) is 30.6 Å². The number of benzene rings is 1. The van der Waals surface area contributed by atoms with Crippen molar-refractivity contribution in [3.8, 4) is 0 Å². The molecule has 0 unspecified atom stereocenters. The topological polar surface area (TPSA) is 100 Å². The van der Waals surface area contributed by atoms with Crippen molar-refractivity contribution in [2.24, 2.45) is 0 Å². The first-order valence-electron chi connectivity index (χ1n) is 5.39. The molecule has 0 bridgehead atoms. The molecule has 0 aliphatic carbocycles. The minimum absolute atomic E-state index is 0.0850. The van der Waals surface area contributed by atoms with Gasteiger partial charge >= 0.3 is 0 Å². The lowest BCUT2D eigenvalue weighted by molar-refractivity contribution is 0.0893. The molecular weight excluding hydrogens is 288 g/mol. The SMILES string of the molecule is Cc1ccc(S(=O)(=O)c2nc([C@H](O)CO)ns2)cc1. The normalized spacial score (nSPS) is 13.4. The highest BCUT2D eigenvalue weighted by Gasteiger charge is 2.24. The van der Waals surface area contributed by atoms with Crippen molar-refractivity contribution >= 4 is 21.4 Å². The molecule has 6 nitrogen and oxygen atoms in total. The summed E-state index contributed by atoms with van der Waals surface area (Å²) in [4.78, 5) is 3.89. The number of sulfone groups is 1. The fraction of sp³-hybridized carbons (Fsp3) is 0.273.